The first kappa shape index (κ1) is 23.1. The fourth-order valence-electron chi connectivity index (χ4n) is 3.63. The Kier molecular flexibility index (Phi) is 6.85. The molecule has 8 nitrogen and oxygen atoms in total. The van der Waals surface area contributed by atoms with Gasteiger partial charge in [0.25, 0.3) is 11.5 Å². The van der Waals surface area contributed by atoms with Gasteiger partial charge in [0, 0.05) is 17.0 Å². The maximum Gasteiger partial charge on any atom is 0.340 e. The van der Waals surface area contributed by atoms with E-state index in [1.165, 1.54) is 12.1 Å². The van der Waals surface area contributed by atoms with E-state index in [0.717, 1.165) is 10.1 Å². The molecule has 1 aliphatic rings. The Morgan fingerprint density at radius 2 is 1.85 bits per heavy atom. The van der Waals surface area contributed by atoms with Gasteiger partial charge in [-0.2, -0.15) is 8.96 Å². The molecule has 0 spiro atoms. The Bertz CT molecular complexity index is 1260. The van der Waals surface area contributed by atoms with Gasteiger partial charge in [-0.1, -0.05) is 41.9 Å². The van der Waals surface area contributed by atoms with E-state index < -0.39 is 48.0 Å². The fraction of sp³-hybridized carbons (Fsp3) is 0.261. The number of hydrogen-bond donors (Lipinski definition) is 1. The molecule has 2 heterocycles. The lowest BCUT2D eigenvalue weighted by Gasteiger charge is -2.17. The summed E-state index contributed by atoms with van der Waals surface area (Å²) < 4.78 is 27.1. The maximum atomic E-state index is 14.4. The lowest BCUT2D eigenvalue weighted by Crippen LogP contribution is -2.46. The molecule has 2 aromatic carbocycles. The van der Waals surface area contributed by atoms with E-state index in [1.54, 1.807) is 42.5 Å². The van der Waals surface area contributed by atoms with Crippen molar-refractivity contribution >= 4 is 17.5 Å². The zero-order chi connectivity index (χ0) is 23.5. The van der Waals surface area contributed by atoms with Crippen molar-refractivity contribution in [3.8, 4) is 0 Å². The molecule has 0 radical (unpaired) electrons. The summed E-state index contributed by atoms with van der Waals surface area (Å²) in [5, 5.41) is 10.3. The lowest BCUT2D eigenvalue weighted by atomic mass is 10.1. The number of carbonyl (C=O) groups is 1. The van der Waals surface area contributed by atoms with Crippen LogP contribution in [0.1, 0.15) is 28.6 Å². The van der Waals surface area contributed by atoms with Crippen molar-refractivity contribution in [2.45, 2.75) is 31.5 Å². The van der Waals surface area contributed by atoms with E-state index in [1.807, 2.05) is 0 Å². The largest absolute Gasteiger partial charge is 0.394 e. The number of carbonyl (C=O) groups excluding carboxylic acids is 1. The molecule has 33 heavy (non-hydrogen) atoms. The van der Waals surface area contributed by atoms with Crippen LogP contribution in [0.4, 0.5) is 4.39 Å². The number of aromatic nitrogens is 2. The van der Waals surface area contributed by atoms with E-state index in [-0.39, 0.29) is 23.2 Å². The summed E-state index contributed by atoms with van der Waals surface area (Å²) >= 11 is 5.88. The third-order valence-electron chi connectivity index (χ3n) is 5.34. The summed E-state index contributed by atoms with van der Waals surface area (Å²) in [5.74, 6) is -2.24. The SMILES string of the molecule is O=C(c1ccccc1)n1c(=O)c(F)cn([C@H]2C[C@H](OCc3ccc(Cl)cc3)[C@@H](CO)O2)c1=O. The summed E-state index contributed by atoms with van der Waals surface area (Å²) in [5.41, 5.74) is -1.50. The fourth-order valence-corrected chi connectivity index (χ4v) is 3.76. The van der Waals surface area contributed by atoms with E-state index in [0.29, 0.717) is 11.2 Å². The minimum absolute atomic E-state index is 0.0543. The highest BCUT2D eigenvalue weighted by Crippen LogP contribution is 2.30. The molecule has 1 N–H and O–H groups in total. The van der Waals surface area contributed by atoms with Gasteiger partial charge in [0.1, 0.15) is 12.3 Å². The molecular formula is C23H20ClFN2O6. The number of hydrogen-bond acceptors (Lipinski definition) is 6. The van der Waals surface area contributed by atoms with Gasteiger partial charge in [-0.05, 0) is 29.8 Å². The summed E-state index contributed by atoms with van der Waals surface area (Å²) in [6.07, 6.45) is -1.65. The molecule has 10 heteroatoms. The highest BCUT2D eigenvalue weighted by molar-refractivity contribution is 6.30. The van der Waals surface area contributed by atoms with Gasteiger partial charge in [-0.3, -0.25) is 14.2 Å². The van der Waals surface area contributed by atoms with E-state index in [4.69, 9.17) is 21.1 Å². The molecule has 0 amide bonds. The first-order valence-electron chi connectivity index (χ1n) is 10.1. The standard InChI is InChI=1S/C23H20ClFN2O6/c24-16-8-6-14(7-9-16)13-32-18-10-20(33-19(18)12-28)26-11-17(25)22(30)27(23(26)31)21(29)15-4-2-1-3-5-15/h1-9,11,18-20,28H,10,12-13H2/t18-,19+,20+/m0/s1. The predicted molar refractivity (Wildman–Crippen MR) is 117 cm³/mol. The summed E-state index contributed by atoms with van der Waals surface area (Å²) in [4.78, 5) is 38.0. The topological polar surface area (TPSA) is 99.8 Å². The van der Waals surface area contributed by atoms with Gasteiger partial charge in [-0.25, -0.2) is 4.79 Å². The molecule has 1 fully saturated rings. The van der Waals surface area contributed by atoms with Crippen LogP contribution in [0.25, 0.3) is 0 Å². The Morgan fingerprint density at radius 1 is 1.15 bits per heavy atom. The number of ether oxygens (including phenoxy) is 2. The normalized spacial score (nSPS) is 20.2. The average Bonchev–Trinajstić information content (AvgIpc) is 3.24. The van der Waals surface area contributed by atoms with Crippen molar-refractivity contribution < 1.29 is 23.8 Å². The molecule has 3 atom stereocenters. The number of rotatable bonds is 6. The lowest BCUT2D eigenvalue weighted by molar-refractivity contribution is -0.0661. The van der Waals surface area contributed by atoms with Gasteiger partial charge in [-0.15, -0.1) is 0 Å². The van der Waals surface area contributed by atoms with Crippen LogP contribution in [0.15, 0.2) is 70.4 Å². The van der Waals surface area contributed by atoms with Crippen molar-refractivity contribution in [2.24, 2.45) is 0 Å². The highest BCUT2D eigenvalue weighted by Gasteiger charge is 2.38. The smallest absolute Gasteiger partial charge is 0.340 e. The highest BCUT2D eigenvalue weighted by atomic mass is 35.5. The second-order valence-corrected chi connectivity index (χ2v) is 7.94. The van der Waals surface area contributed by atoms with E-state index in [2.05, 4.69) is 0 Å². The third-order valence-corrected chi connectivity index (χ3v) is 5.60. The van der Waals surface area contributed by atoms with Gasteiger partial charge in [0.15, 0.2) is 0 Å². The van der Waals surface area contributed by atoms with Gasteiger partial charge >= 0.3 is 5.69 Å². The second kappa shape index (κ2) is 9.80. The van der Waals surface area contributed by atoms with Crippen molar-refractivity contribution in [1.29, 1.82) is 0 Å². The quantitative estimate of drug-likeness (QED) is 0.588. The van der Waals surface area contributed by atoms with Crippen LogP contribution in [0.2, 0.25) is 5.02 Å². The van der Waals surface area contributed by atoms with Crippen LogP contribution in [0, 0.1) is 5.82 Å². The van der Waals surface area contributed by atoms with Crippen molar-refractivity contribution in [3.05, 3.63) is 104 Å². The van der Waals surface area contributed by atoms with Crippen molar-refractivity contribution in [3.63, 3.8) is 0 Å². The molecule has 0 saturated carbocycles. The van der Waals surface area contributed by atoms with Crippen LogP contribution in [0.3, 0.4) is 0 Å². The third kappa shape index (κ3) is 4.81. The van der Waals surface area contributed by atoms with Crippen LogP contribution < -0.4 is 11.2 Å². The predicted octanol–water partition coefficient (Wildman–Crippen LogP) is 2.36. The van der Waals surface area contributed by atoms with Crippen molar-refractivity contribution in [2.75, 3.05) is 6.61 Å². The minimum atomic E-state index is -1.35. The van der Waals surface area contributed by atoms with Crippen LogP contribution in [-0.2, 0) is 16.1 Å². The van der Waals surface area contributed by atoms with Gasteiger partial charge < -0.3 is 14.6 Å². The molecule has 1 saturated heterocycles. The van der Waals surface area contributed by atoms with E-state index in [9.17, 15) is 23.9 Å². The Balaban J connectivity index is 1.60. The number of benzene rings is 2. The second-order valence-electron chi connectivity index (χ2n) is 7.50. The average molecular weight is 475 g/mol. The molecule has 0 bridgehead atoms. The monoisotopic (exact) mass is 474 g/mol. The number of halogens is 2. The number of aliphatic hydroxyl groups excluding tert-OH is 1. The minimum Gasteiger partial charge on any atom is -0.394 e. The first-order chi connectivity index (χ1) is 15.9. The van der Waals surface area contributed by atoms with Gasteiger partial charge in [0.05, 0.1) is 25.5 Å². The van der Waals surface area contributed by atoms with Crippen LogP contribution in [-0.4, -0.2) is 39.0 Å². The maximum absolute atomic E-state index is 14.4. The molecule has 3 aromatic rings. The van der Waals surface area contributed by atoms with Crippen molar-refractivity contribution in [1.82, 2.24) is 9.13 Å². The van der Waals surface area contributed by atoms with Crippen LogP contribution in [0.5, 0.6) is 0 Å². The number of aliphatic hydroxyl groups is 1. The Hall–Kier alpha value is -3.11. The molecule has 1 aromatic heterocycles. The molecule has 0 unspecified atom stereocenters. The first-order valence-corrected chi connectivity index (χ1v) is 10.5. The molecule has 4 rings (SSSR count). The molecular weight excluding hydrogens is 455 g/mol. The zero-order valence-electron chi connectivity index (χ0n) is 17.3. The van der Waals surface area contributed by atoms with Gasteiger partial charge in [0.2, 0.25) is 5.82 Å². The Labute approximate surface area is 192 Å². The Morgan fingerprint density at radius 3 is 2.52 bits per heavy atom. The summed E-state index contributed by atoms with van der Waals surface area (Å²) in [6.45, 7) is -0.203. The molecule has 172 valence electrons. The number of nitrogens with zero attached hydrogens (tertiary/aromatic N) is 2. The summed E-state index contributed by atoms with van der Waals surface area (Å²) in [6, 6.07) is 14.6. The van der Waals surface area contributed by atoms with Crippen LogP contribution >= 0.6 is 11.6 Å². The van der Waals surface area contributed by atoms with E-state index >= 15 is 0 Å². The zero-order valence-corrected chi connectivity index (χ0v) is 18.0. The summed E-state index contributed by atoms with van der Waals surface area (Å²) in [7, 11) is 0. The molecule has 0 aliphatic carbocycles. The molecule has 1 aliphatic heterocycles.